The second-order valence-electron chi connectivity index (χ2n) is 4.39. The molecule has 2 aromatic rings. The second kappa shape index (κ2) is 6.75. The van der Waals surface area contributed by atoms with Crippen LogP contribution in [0.4, 0.5) is 5.69 Å². The average molecular weight is 257 g/mol. The van der Waals surface area contributed by atoms with Crippen molar-refractivity contribution in [2.75, 3.05) is 19.4 Å². The number of nitrogen functional groups attached to an aromatic ring is 1. The molecule has 1 heterocycles. The number of nitrogens with one attached hydrogen (secondary N) is 1. The number of nitrogens with two attached hydrogens (primary N) is 1. The highest BCUT2D eigenvalue weighted by Crippen LogP contribution is 2.13. The molecule has 0 radical (unpaired) electrons. The van der Waals surface area contributed by atoms with Gasteiger partial charge in [-0.05, 0) is 37.2 Å². The zero-order valence-corrected chi connectivity index (χ0v) is 11.0. The third-order valence-electron chi connectivity index (χ3n) is 3.01. The van der Waals surface area contributed by atoms with Crippen LogP contribution in [0.3, 0.4) is 0 Å². The molecule has 100 valence electrons. The molecule has 1 aromatic carbocycles. The van der Waals surface area contributed by atoms with Crippen LogP contribution in [0, 0.1) is 0 Å². The summed E-state index contributed by atoms with van der Waals surface area (Å²) in [4.78, 5) is 4.10. The Morgan fingerprint density at radius 1 is 1.26 bits per heavy atom. The van der Waals surface area contributed by atoms with E-state index in [9.17, 15) is 0 Å². The number of hydrogen-bond donors (Lipinski definition) is 2. The number of ether oxygens (including phenoxy) is 1. The highest BCUT2D eigenvalue weighted by atomic mass is 16.5. The smallest absolute Gasteiger partial charge is 0.119 e. The summed E-state index contributed by atoms with van der Waals surface area (Å²) < 4.78 is 5.75. The Hall–Kier alpha value is -2.07. The van der Waals surface area contributed by atoms with E-state index in [2.05, 4.69) is 10.3 Å². The van der Waals surface area contributed by atoms with Crippen molar-refractivity contribution in [1.82, 2.24) is 10.3 Å². The van der Waals surface area contributed by atoms with Crippen molar-refractivity contribution in [1.29, 1.82) is 0 Å². The maximum atomic E-state index is 5.92. The molecule has 0 saturated carbocycles. The Bertz CT molecular complexity index is 502. The molecule has 1 atom stereocenters. The van der Waals surface area contributed by atoms with Crippen molar-refractivity contribution in [3.8, 4) is 5.75 Å². The van der Waals surface area contributed by atoms with Gasteiger partial charge >= 0.3 is 0 Å². The van der Waals surface area contributed by atoms with Crippen LogP contribution in [0.5, 0.6) is 5.75 Å². The molecule has 0 aliphatic rings. The van der Waals surface area contributed by atoms with Gasteiger partial charge in [0.1, 0.15) is 12.4 Å². The quantitative estimate of drug-likeness (QED) is 0.829. The predicted molar refractivity (Wildman–Crippen MR) is 77.1 cm³/mol. The van der Waals surface area contributed by atoms with Gasteiger partial charge in [0.25, 0.3) is 0 Å². The summed E-state index contributed by atoms with van der Waals surface area (Å²) in [6.45, 7) is 0.592. The number of pyridine rings is 1. The number of nitrogens with zero attached hydrogens (tertiary/aromatic N) is 1. The number of likely N-dealkylation sites (N-methyl/N-ethyl adjacent to an activating group) is 1. The lowest BCUT2D eigenvalue weighted by molar-refractivity contribution is 0.270. The Morgan fingerprint density at radius 3 is 2.74 bits per heavy atom. The molecule has 2 rings (SSSR count). The second-order valence-corrected chi connectivity index (χ2v) is 4.39. The standard InChI is InChI=1S/C15H19N3O/c1-17-13(9-12-10-18-8-7-15(12)16)11-19-14-5-3-2-4-6-14/h2-8,10,13,17H,9,11H2,1H3,(H2,16,18). The number of benzene rings is 1. The first-order valence-corrected chi connectivity index (χ1v) is 6.33. The first-order valence-electron chi connectivity index (χ1n) is 6.33. The van der Waals surface area contributed by atoms with Gasteiger partial charge < -0.3 is 15.8 Å². The van der Waals surface area contributed by atoms with E-state index in [1.54, 1.807) is 6.20 Å². The summed E-state index contributed by atoms with van der Waals surface area (Å²) in [6, 6.07) is 11.8. The summed E-state index contributed by atoms with van der Waals surface area (Å²) in [5, 5.41) is 3.24. The first-order chi connectivity index (χ1) is 9.29. The van der Waals surface area contributed by atoms with Crippen LogP contribution in [0.2, 0.25) is 0 Å². The monoisotopic (exact) mass is 257 g/mol. The van der Waals surface area contributed by atoms with Crippen LogP contribution >= 0.6 is 0 Å². The van der Waals surface area contributed by atoms with E-state index in [1.807, 2.05) is 49.6 Å². The van der Waals surface area contributed by atoms with Crippen LogP contribution < -0.4 is 15.8 Å². The largest absolute Gasteiger partial charge is 0.492 e. The lowest BCUT2D eigenvalue weighted by Crippen LogP contribution is -2.34. The van der Waals surface area contributed by atoms with Gasteiger partial charge in [0.2, 0.25) is 0 Å². The van der Waals surface area contributed by atoms with Gasteiger partial charge in [-0.1, -0.05) is 18.2 Å². The van der Waals surface area contributed by atoms with Gasteiger partial charge in [0.05, 0.1) is 0 Å². The lowest BCUT2D eigenvalue weighted by Gasteiger charge is -2.17. The van der Waals surface area contributed by atoms with Gasteiger partial charge in [0.15, 0.2) is 0 Å². The van der Waals surface area contributed by atoms with E-state index >= 15 is 0 Å². The molecule has 0 bridgehead atoms. The van der Waals surface area contributed by atoms with E-state index in [0.717, 1.165) is 23.4 Å². The maximum Gasteiger partial charge on any atom is 0.119 e. The molecular weight excluding hydrogens is 238 g/mol. The predicted octanol–water partition coefficient (Wildman–Crippen LogP) is 1.87. The third-order valence-corrected chi connectivity index (χ3v) is 3.01. The van der Waals surface area contributed by atoms with Crippen LogP contribution in [0.15, 0.2) is 48.8 Å². The fourth-order valence-corrected chi connectivity index (χ4v) is 1.83. The molecule has 0 aliphatic heterocycles. The molecule has 4 heteroatoms. The van der Waals surface area contributed by atoms with Crippen LogP contribution in [-0.4, -0.2) is 24.7 Å². The molecule has 0 fully saturated rings. The summed E-state index contributed by atoms with van der Waals surface area (Å²) in [5.41, 5.74) is 7.74. The Kier molecular flexibility index (Phi) is 4.75. The van der Waals surface area contributed by atoms with Crippen molar-refractivity contribution in [2.45, 2.75) is 12.5 Å². The van der Waals surface area contributed by atoms with Crippen molar-refractivity contribution in [3.05, 3.63) is 54.4 Å². The summed E-state index contributed by atoms with van der Waals surface area (Å²) in [7, 11) is 1.92. The minimum Gasteiger partial charge on any atom is -0.492 e. The lowest BCUT2D eigenvalue weighted by atomic mass is 10.1. The molecule has 1 unspecified atom stereocenters. The Balaban J connectivity index is 1.92. The minimum atomic E-state index is 0.201. The summed E-state index contributed by atoms with van der Waals surface area (Å²) in [5.74, 6) is 0.877. The molecule has 0 saturated heterocycles. The van der Waals surface area contributed by atoms with E-state index in [4.69, 9.17) is 10.5 Å². The number of hydrogen-bond acceptors (Lipinski definition) is 4. The topological polar surface area (TPSA) is 60.2 Å². The molecule has 0 aliphatic carbocycles. The van der Waals surface area contributed by atoms with Gasteiger partial charge in [-0.3, -0.25) is 4.98 Å². The number of anilines is 1. The van der Waals surface area contributed by atoms with E-state index < -0.39 is 0 Å². The maximum absolute atomic E-state index is 5.92. The van der Waals surface area contributed by atoms with E-state index in [-0.39, 0.29) is 6.04 Å². The van der Waals surface area contributed by atoms with Crippen LogP contribution in [0.1, 0.15) is 5.56 Å². The first kappa shape index (κ1) is 13.4. The van der Waals surface area contributed by atoms with Gasteiger partial charge in [-0.15, -0.1) is 0 Å². The highest BCUT2D eigenvalue weighted by molar-refractivity contribution is 5.44. The minimum absolute atomic E-state index is 0.201. The molecule has 19 heavy (non-hydrogen) atoms. The van der Waals surface area contributed by atoms with Crippen molar-refractivity contribution in [3.63, 3.8) is 0 Å². The van der Waals surface area contributed by atoms with E-state index in [0.29, 0.717) is 6.61 Å². The van der Waals surface area contributed by atoms with Crippen LogP contribution in [0.25, 0.3) is 0 Å². The van der Waals surface area contributed by atoms with Crippen LogP contribution in [-0.2, 0) is 6.42 Å². The molecule has 0 spiro atoms. The number of aromatic nitrogens is 1. The molecular formula is C15H19N3O. The van der Waals surface area contributed by atoms with E-state index in [1.165, 1.54) is 0 Å². The summed E-state index contributed by atoms with van der Waals surface area (Å²) >= 11 is 0. The van der Waals surface area contributed by atoms with Gasteiger partial charge in [-0.25, -0.2) is 0 Å². The molecule has 4 nitrogen and oxygen atoms in total. The van der Waals surface area contributed by atoms with Gasteiger partial charge in [0, 0.05) is 24.1 Å². The zero-order valence-electron chi connectivity index (χ0n) is 11.0. The van der Waals surface area contributed by atoms with Crippen molar-refractivity contribution in [2.24, 2.45) is 0 Å². The number of rotatable bonds is 6. The molecule has 1 aromatic heterocycles. The normalized spacial score (nSPS) is 12.1. The Morgan fingerprint density at radius 2 is 2.05 bits per heavy atom. The van der Waals surface area contributed by atoms with Crippen molar-refractivity contribution < 1.29 is 4.74 Å². The molecule has 3 N–H and O–H groups in total. The highest BCUT2D eigenvalue weighted by Gasteiger charge is 2.10. The fourth-order valence-electron chi connectivity index (χ4n) is 1.83. The molecule has 0 amide bonds. The fraction of sp³-hybridized carbons (Fsp3) is 0.267. The van der Waals surface area contributed by atoms with Crippen molar-refractivity contribution >= 4 is 5.69 Å². The zero-order chi connectivity index (χ0) is 13.5. The number of para-hydroxylation sites is 1. The third kappa shape index (κ3) is 3.96. The summed E-state index contributed by atoms with van der Waals surface area (Å²) in [6.07, 6.45) is 4.30. The van der Waals surface area contributed by atoms with Gasteiger partial charge in [-0.2, -0.15) is 0 Å². The SMILES string of the molecule is CNC(COc1ccccc1)Cc1cnccc1N. The Labute approximate surface area is 113 Å². The average Bonchev–Trinajstić information content (AvgIpc) is 2.46.